The second kappa shape index (κ2) is 6.91. The number of aromatic nitrogens is 2. The van der Waals surface area contributed by atoms with E-state index in [1.54, 1.807) is 37.3 Å². The maximum absolute atomic E-state index is 9.97. The second-order valence-corrected chi connectivity index (χ2v) is 5.37. The first-order valence-electron chi connectivity index (χ1n) is 7.40. The van der Waals surface area contributed by atoms with Crippen molar-refractivity contribution in [3.8, 4) is 11.5 Å². The van der Waals surface area contributed by atoms with Gasteiger partial charge in [-0.05, 0) is 54.9 Å². The molecule has 0 spiro atoms. The van der Waals surface area contributed by atoms with Gasteiger partial charge in [-0.3, -0.25) is 4.99 Å². The minimum absolute atomic E-state index is 0.0362. The molecule has 3 rings (SSSR count). The van der Waals surface area contributed by atoms with Gasteiger partial charge in [0.2, 0.25) is 5.82 Å². The molecule has 0 aliphatic carbocycles. The van der Waals surface area contributed by atoms with Crippen molar-refractivity contribution in [3.63, 3.8) is 0 Å². The van der Waals surface area contributed by atoms with Crippen LogP contribution in [0, 0.1) is 13.8 Å². The van der Waals surface area contributed by atoms with Crippen LogP contribution in [0.15, 0.2) is 56.2 Å². The number of hydrogen-bond acceptors (Lipinski definition) is 8. The van der Waals surface area contributed by atoms with E-state index in [1.807, 2.05) is 6.92 Å². The van der Waals surface area contributed by atoms with Crippen molar-refractivity contribution >= 4 is 23.4 Å². The van der Waals surface area contributed by atoms with Crippen LogP contribution in [-0.4, -0.2) is 26.7 Å². The summed E-state index contributed by atoms with van der Waals surface area (Å²) in [4.78, 5) is 4.22. The molecule has 2 aromatic carbocycles. The first-order valence-corrected chi connectivity index (χ1v) is 7.40. The zero-order valence-electron chi connectivity index (χ0n) is 13.6. The fourth-order valence-electron chi connectivity index (χ4n) is 2.01. The number of aryl methyl sites for hydroxylation is 2. The predicted octanol–water partition coefficient (Wildman–Crippen LogP) is 4.26. The average Bonchev–Trinajstić information content (AvgIpc) is 3.01. The van der Waals surface area contributed by atoms with Crippen molar-refractivity contribution in [1.29, 1.82) is 0 Å². The molecule has 0 aliphatic rings. The van der Waals surface area contributed by atoms with Gasteiger partial charge >= 0.3 is 0 Å². The minimum atomic E-state index is 0.0362. The average molecular weight is 337 g/mol. The van der Waals surface area contributed by atoms with Crippen LogP contribution in [0.25, 0.3) is 0 Å². The number of benzene rings is 2. The molecule has 25 heavy (non-hydrogen) atoms. The van der Waals surface area contributed by atoms with E-state index in [2.05, 4.69) is 30.2 Å². The van der Waals surface area contributed by atoms with E-state index >= 15 is 0 Å². The molecular formula is C17H15N5O3. The molecule has 0 saturated heterocycles. The number of azo groups is 1. The molecule has 126 valence electrons. The van der Waals surface area contributed by atoms with Crippen LogP contribution in [0.3, 0.4) is 0 Å². The van der Waals surface area contributed by atoms with E-state index in [1.165, 1.54) is 12.3 Å². The first kappa shape index (κ1) is 16.3. The van der Waals surface area contributed by atoms with Crippen LogP contribution in [0.2, 0.25) is 0 Å². The Kier molecular flexibility index (Phi) is 4.51. The molecule has 3 aromatic rings. The third-order valence-corrected chi connectivity index (χ3v) is 3.37. The maximum atomic E-state index is 9.97. The second-order valence-electron chi connectivity index (χ2n) is 5.37. The van der Waals surface area contributed by atoms with E-state index in [9.17, 15) is 10.2 Å². The number of phenols is 2. The fourth-order valence-corrected chi connectivity index (χ4v) is 2.01. The molecule has 8 heteroatoms. The third-order valence-electron chi connectivity index (χ3n) is 3.37. The largest absolute Gasteiger partial charge is 0.507 e. The van der Waals surface area contributed by atoms with Gasteiger partial charge in [0.15, 0.2) is 0 Å². The highest BCUT2D eigenvalue weighted by Crippen LogP contribution is 2.28. The Labute approximate surface area is 143 Å². The van der Waals surface area contributed by atoms with Gasteiger partial charge in [-0.25, -0.2) is 4.63 Å². The summed E-state index contributed by atoms with van der Waals surface area (Å²) in [5, 5.41) is 35.0. The number of rotatable bonds is 4. The van der Waals surface area contributed by atoms with E-state index in [-0.39, 0.29) is 17.3 Å². The lowest BCUT2D eigenvalue weighted by atomic mass is 10.2. The Morgan fingerprint density at radius 3 is 2.52 bits per heavy atom. The number of hydrogen-bond donors (Lipinski definition) is 2. The lowest BCUT2D eigenvalue weighted by molar-refractivity contribution is 0.305. The van der Waals surface area contributed by atoms with E-state index in [0.717, 1.165) is 5.56 Å². The van der Waals surface area contributed by atoms with Crippen LogP contribution in [0.5, 0.6) is 11.5 Å². The lowest BCUT2D eigenvalue weighted by Crippen LogP contribution is -1.82. The van der Waals surface area contributed by atoms with Crippen molar-refractivity contribution in [3.05, 3.63) is 53.2 Å². The summed E-state index contributed by atoms with van der Waals surface area (Å²) >= 11 is 0. The van der Waals surface area contributed by atoms with Gasteiger partial charge in [-0.15, -0.1) is 10.2 Å². The van der Waals surface area contributed by atoms with Gasteiger partial charge in [0, 0.05) is 11.8 Å². The molecule has 0 saturated carbocycles. The molecule has 0 amide bonds. The molecule has 0 radical (unpaired) electrons. The quantitative estimate of drug-likeness (QED) is 0.545. The third kappa shape index (κ3) is 3.86. The van der Waals surface area contributed by atoms with E-state index < -0.39 is 0 Å². The Balaban J connectivity index is 1.87. The molecule has 1 aromatic heterocycles. The van der Waals surface area contributed by atoms with Gasteiger partial charge in [0.05, 0.1) is 5.69 Å². The maximum Gasteiger partial charge on any atom is 0.240 e. The summed E-state index contributed by atoms with van der Waals surface area (Å²) in [6, 6.07) is 9.79. The monoisotopic (exact) mass is 337 g/mol. The van der Waals surface area contributed by atoms with Crippen molar-refractivity contribution in [2.45, 2.75) is 13.8 Å². The van der Waals surface area contributed by atoms with Crippen LogP contribution in [-0.2, 0) is 0 Å². The van der Waals surface area contributed by atoms with E-state index in [0.29, 0.717) is 22.6 Å². The first-order chi connectivity index (χ1) is 12.0. The van der Waals surface area contributed by atoms with Crippen LogP contribution < -0.4 is 0 Å². The molecule has 0 unspecified atom stereocenters. The summed E-state index contributed by atoms with van der Waals surface area (Å²) in [5.74, 6) is 0.383. The Morgan fingerprint density at radius 2 is 1.76 bits per heavy atom. The zero-order valence-corrected chi connectivity index (χ0v) is 13.6. The number of nitrogens with zero attached hydrogens (tertiary/aromatic N) is 5. The van der Waals surface area contributed by atoms with Crippen molar-refractivity contribution in [2.75, 3.05) is 0 Å². The standard InChI is InChI=1S/C17H15N5O3/c1-10-3-5-16(24)14(7-10)18-9-12-8-13(4-6-15(12)23)19-20-17-11(2)21-25-22-17/h3-9,23-24H,1-2H3. The molecule has 0 fully saturated rings. The summed E-state index contributed by atoms with van der Waals surface area (Å²) in [6.45, 7) is 3.60. The van der Waals surface area contributed by atoms with Gasteiger partial charge in [0.25, 0.3) is 0 Å². The van der Waals surface area contributed by atoms with Crippen molar-refractivity contribution < 1.29 is 14.8 Å². The molecule has 0 atom stereocenters. The van der Waals surface area contributed by atoms with Crippen molar-refractivity contribution in [2.24, 2.45) is 15.2 Å². The summed E-state index contributed by atoms with van der Waals surface area (Å²) in [7, 11) is 0. The van der Waals surface area contributed by atoms with E-state index in [4.69, 9.17) is 0 Å². The Bertz CT molecular complexity index is 963. The summed E-state index contributed by atoms with van der Waals surface area (Å²) in [5.41, 5.74) is 2.84. The highest BCUT2D eigenvalue weighted by molar-refractivity contribution is 5.87. The molecular weight excluding hydrogens is 322 g/mol. The van der Waals surface area contributed by atoms with Crippen LogP contribution in [0.1, 0.15) is 16.8 Å². The van der Waals surface area contributed by atoms with Crippen LogP contribution >= 0.6 is 0 Å². The summed E-state index contributed by atoms with van der Waals surface area (Å²) < 4.78 is 4.55. The molecule has 0 aliphatic heterocycles. The van der Waals surface area contributed by atoms with Crippen molar-refractivity contribution in [1.82, 2.24) is 10.3 Å². The zero-order chi connectivity index (χ0) is 17.8. The smallest absolute Gasteiger partial charge is 0.240 e. The number of phenolic OH excluding ortho intramolecular Hbond substituents is 2. The SMILES string of the molecule is Cc1ccc(O)c(N=Cc2cc(N=Nc3nonc3C)ccc2O)c1. The fraction of sp³-hybridized carbons (Fsp3) is 0.118. The predicted molar refractivity (Wildman–Crippen MR) is 91.4 cm³/mol. The summed E-state index contributed by atoms with van der Waals surface area (Å²) in [6.07, 6.45) is 1.45. The normalized spacial score (nSPS) is 11.6. The van der Waals surface area contributed by atoms with Gasteiger partial charge < -0.3 is 10.2 Å². The molecule has 0 bridgehead atoms. The highest BCUT2D eigenvalue weighted by atomic mass is 16.6. The van der Waals surface area contributed by atoms with Gasteiger partial charge in [0.1, 0.15) is 22.9 Å². The van der Waals surface area contributed by atoms with Crippen LogP contribution in [0.4, 0.5) is 17.2 Å². The number of aliphatic imine (C=N–C) groups is 1. The number of aromatic hydroxyl groups is 2. The minimum Gasteiger partial charge on any atom is -0.507 e. The lowest BCUT2D eigenvalue weighted by Gasteiger charge is -2.02. The Hall–Kier alpha value is -3.55. The van der Waals surface area contributed by atoms with Gasteiger partial charge in [-0.2, -0.15) is 0 Å². The Morgan fingerprint density at radius 1 is 0.960 bits per heavy atom. The van der Waals surface area contributed by atoms with Gasteiger partial charge in [-0.1, -0.05) is 11.2 Å². The highest BCUT2D eigenvalue weighted by Gasteiger charge is 2.05. The molecule has 1 heterocycles. The molecule has 8 nitrogen and oxygen atoms in total. The topological polar surface area (TPSA) is 116 Å². The molecule has 2 N–H and O–H groups in total.